The molecule has 1 aromatic carbocycles. The first-order valence-electron chi connectivity index (χ1n) is 8.47. The molecule has 0 spiro atoms. The second-order valence-electron chi connectivity index (χ2n) is 6.20. The number of sulfonamides is 1. The van der Waals surface area contributed by atoms with Crippen molar-refractivity contribution < 1.29 is 27.9 Å². The van der Waals surface area contributed by atoms with Gasteiger partial charge in [0.25, 0.3) is 0 Å². The van der Waals surface area contributed by atoms with Crippen LogP contribution in [0.4, 0.5) is 0 Å². The van der Waals surface area contributed by atoms with Crippen molar-refractivity contribution in [1.29, 1.82) is 0 Å². The van der Waals surface area contributed by atoms with E-state index in [1.54, 1.807) is 18.3 Å². The van der Waals surface area contributed by atoms with E-state index in [2.05, 4.69) is 4.98 Å². The summed E-state index contributed by atoms with van der Waals surface area (Å²) in [5, 5.41) is 9.46. The smallest absolute Gasteiger partial charge is 0.323 e. The Balaban J connectivity index is 1.81. The second kappa shape index (κ2) is 7.95. The fraction of sp³-hybridized carbons (Fsp3) is 0.278. The van der Waals surface area contributed by atoms with Crippen LogP contribution in [-0.4, -0.2) is 65.3 Å². The van der Waals surface area contributed by atoms with Crippen LogP contribution in [-0.2, 0) is 19.6 Å². The van der Waals surface area contributed by atoms with Gasteiger partial charge in [-0.1, -0.05) is 0 Å². The van der Waals surface area contributed by atoms with Crippen molar-refractivity contribution >= 4 is 21.9 Å². The number of rotatable bonds is 5. The van der Waals surface area contributed by atoms with Crippen LogP contribution in [0.1, 0.15) is 6.92 Å². The normalized spacial score (nSPS) is 17.9. The largest absolute Gasteiger partial charge is 0.480 e. The zero-order valence-electron chi connectivity index (χ0n) is 15.1. The van der Waals surface area contributed by atoms with Crippen molar-refractivity contribution in [2.75, 3.05) is 19.6 Å². The molecule has 1 aromatic heterocycles. The number of aromatic nitrogens is 1. The summed E-state index contributed by atoms with van der Waals surface area (Å²) in [6.45, 7) is 1.18. The summed E-state index contributed by atoms with van der Waals surface area (Å²) in [6, 6.07) is 7.77. The van der Waals surface area contributed by atoms with E-state index < -0.39 is 22.0 Å². The van der Waals surface area contributed by atoms with Gasteiger partial charge in [0.05, 0.1) is 11.1 Å². The van der Waals surface area contributed by atoms with Crippen molar-refractivity contribution in [1.82, 2.24) is 14.2 Å². The number of pyridine rings is 1. The first-order valence-corrected chi connectivity index (χ1v) is 9.91. The molecule has 1 N–H and O–H groups in total. The Bertz CT molecular complexity index is 963. The van der Waals surface area contributed by atoms with E-state index in [0.717, 1.165) is 4.31 Å². The lowest BCUT2D eigenvalue weighted by atomic mass is 10.2. The minimum absolute atomic E-state index is 0.0476. The van der Waals surface area contributed by atoms with Gasteiger partial charge < -0.3 is 14.7 Å². The quantitative estimate of drug-likeness (QED) is 0.794. The monoisotopic (exact) mass is 405 g/mol. The summed E-state index contributed by atoms with van der Waals surface area (Å²) in [6.07, 6.45) is 3.13. The Kier molecular flexibility index (Phi) is 5.61. The fourth-order valence-electron chi connectivity index (χ4n) is 2.90. The Morgan fingerprint density at radius 3 is 2.43 bits per heavy atom. The Labute approximate surface area is 162 Å². The summed E-state index contributed by atoms with van der Waals surface area (Å²) in [7, 11) is -4.05. The maximum absolute atomic E-state index is 13.0. The van der Waals surface area contributed by atoms with E-state index in [1.165, 1.54) is 42.3 Å². The number of piperazine rings is 1. The van der Waals surface area contributed by atoms with Gasteiger partial charge >= 0.3 is 5.97 Å². The molecule has 0 radical (unpaired) electrons. The number of nitrogens with zero attached hydrogens (tertiary/aromatic N) is 3. The van der Waals surface area contributed by atoms with Gasteiger partial charge in [0.15, 0.2) is 0 Å². The molecular weight excluding hydrogens is 386 g/mol. The van der Waals surface area contributed by atoms with Crippen LogP contribution in [0.2, 0.25) is 0 Å². The zero-order valence-corrected chi connectivity index (χ0v) is 15.9. The lowest BCUT2D eigenvalue weighted by Gasteiger charge is -2.37. The standard InChI is InChI=1S/C18H19N3O6S/c1-13(22)20-9-10-21(17(12-20)18(23)24)28(25,26)16-6-4-14(5-7-16)27-15-3-2-8-19-11-15/h2-8,11,17H,9-10,12H2,1H3,(H,23,24). The average Bonchev–Trinajstić information content (AvgIpc) is 2.68. The molecule has 1 unspecified atom stereocenters. The van der Waals surface area contributed by atoms with Crippen molar-refractivity contribution in [2.24, 2.45) is 0 Å². The highest BCUT2D eigenvalue weighted by Gasteiger charge is 2.40. The minimum Gasteiger partial charge on any atom is -0.480 e. The number of aliphatic carboxylic acids is 1. The third-order valence-electron chi connectivity index (χ3n) is 4.36. The number of carbonyl (C=O) groups is 2. The first-order chi connectivity index (χ1) is 13.3. The molecule has 1 aliphatic heterocycles. The summed E-state index contributed by atoms with van der Waals surface area (Å²) in [5.41, 5.74) is 0. The molecule has 1 saturated heterocycles. The lowest BCUT2D eigenvalue weighted by Crippen LogP contribution is -2.58. The van der Waals surface area contributed by atoms with E-state index in [1.807, 2.05) is 0 Å². The number of carboxylic acid groups (broad SMARTS) is 1. The Morgan fingerprint density at radius 1 is 1.14 bits per heavy atom. The summed E-state index contributed by atoms with van der Waals surface area (Å²) in [5.74, 6) is -0.668. The molecule has 2 heterocycles. The molecule has 2 aromatic rings. The average molecular weight is 405 g/mol. The van der Waals surface area contributed by atoms with Gasteiger partial charge in [0.2, 0.25) is 15.9 Å². The van der Waals surface area contributed by atoms with Crippen LogP contribution < -0.4 is 4.74 Å². The topological polar surface area (TPSA) is 117 Å². The number of carboxylic acids is 1. The fourth-order valence-corrected chi connectivity index (χ4v) is 4.46. The van der Waals surface area contributed by atoms with Crippen LogP contribution in [0.5, 0.6) is 11.5 Å². The predicted molar refractivity (Wildman–Crippen MR) is 98.3 cm³/mol. The van der Waals surface area contributed by atoms with Crippen LogP contribution in [0.3, 0.4) is 0 Å². The maximum Gasteiger partial charge on any atom is 0.323 e. The van der Waals surface area contributed by atoms with Crippen molar-refractivity contribution in [3.8, 4) is 11.5 Å². The lowest BCUT2D eigenvalue weighted by molar-refractivity contribution is -0.145. The number of amides is 1. The highest BCUT2D eigenvalue weighted by Crippen LogP contribution is 2.26. The first kappa shape index (κ1) is 19.8. The summed E-state index contributed by atoms with van der Waals surface area (Å²) >= 11 is 0. The van der Waals surface area contributed by atoms with Gasteiger partial charge in [0, 0.05) is 32.8 Å². The van der Waals surface area contributed by atoms with Gasteiger partial charge in [-0.15, -0.1) is 0 Å². The molecule has 3 rings (SSSR count). The molecule has 1 atom stereocenters. The van der Waals surface area contributed by atoms with Gasteiger partial charge in [-0.25, -0.2) is 8.42 Å². The van der Waals surface area contributed by atoms with Crippen LogP contribution >= 0.6 is 0 Å². The van der Waals surface area contributed by atoms with Crippen LogP contribution in [0, 0.1) is 0 Å². The molecule has 10 heteroatoms. The highest BCUT2D eigenvalue weighted by molar-refractivity contribution is 7.89. The van der Waals surface area contributed by atoms with E-state index in [0.29, 0.717) is 11.5 Å². The van der Waals surface area contributed by atoms with Crippen LogP contribution in [0.25, 0.3) is 0 Å². The number of hydrogen-bond acceptors (Lipinski definition) is 6. The molecule has 1 aliphatic rings. The van der Waals surface area contributed by atoms with E-state index in [9.17, 15) is 23.1 Å². The molecule has 0 aliphatic carbocycles. The van der Waals surface area contributed by atoms with Gasteiger partial charge in [0.1, 0.15) is 17.5 Å². The van der Waals surface area contributed by atoms with Crippen molar-refractivity contribution in [2.45, 2.75) is 17.9 Å². The molecule has 0 saturated carbocycles. The Morgan fingerprint density at radius 2 is 1.86 bits per heavy atom. The predicted octanol–water partition coefficient (Wildman–Crippen LogP) is 1.18. The molecule has 1 amide bonds. The number of carbonyl (C=O) groups excluding carboxylic acids is 1. The highest BCUT2D eigenvalue weighted by atomic mass is 32.2. The van der Waals surface area contributed by atoms with E-state index >= 15 is 0 Å². The third-order valence-corrected chi connectivity index (χ3v) is 6.28. The molecule has 0 bridgehead atoms. The van der Waals surface area contributed by atoms with Crippen molar-refractivity contribution in [3.05, 3.63) is 48.8 Å². The zero-order chi connectivity index (χ0) is 20.3. The van der Waals surface area contributed by atoms with Crippen molar-refractivity contribution in [3.63, 3.8) is 0 Å². The van der Waals surface area contributed by atoms with E-state index in [4.69, 9.17) is 4.74 Å². The SMILES string of the molecule is CC(=O)N1CCN(S(=O)(=O)c2ccc(Oc3cccnc3)cc2)C(C(=O)O)C1. The minimum atomic E-state index is -4.05. The third kappa shape index (κ3) is 4.12. The molecule has 1 fully saturated rings. The number of hydrogen-bond donors (Lipinski definition) is 1. The molecule has 9 nitrogen and oxygen atoms in total. The van der Waals surface area contributed by atoms with Crippen LogP contribution in [0.15, 0.2) is 53.7 Å². The molecule has 28 heavy (non-hydrogen) atoms. The number of benzene rings is 1. The van der Waals surface area contributed by atoms with Gasteiger partial charge in [-0.2, -0.15) is 4.31 Å². The van der Waals surface area contributed by atoms with Gasteiger partial charge in [-0.3, -0.25) is 14.6 Å². The second-order valence-corrected chi connectivity index (χ2v) is 8.09. The maximum atomic E-state index is 13.0. The Hall–Kier alpha value is -2.98. The number of ether oxygens (including phenoxy) is 1. The molecular formula is C18H19N3O6S. The summed E-state index contributed by atoms with van der Waals surface area (Å²) < 4.78 is 32.4. The van der Waals surface area contributed by atoms with E-state index in [-0.39, 0.29) is 30.4 Å². The summed E-state index contributed by atoms with van der Waals surface area (Å²) in [4.78, 5) is 28.3. The molecule has 148 valence electrons. The van der Waals surface area contributed by atoms with Gasteiger partial charge in [-0.05, 0) is 36.4 Å².